The third kappa shape index (κ3) is 3.21. The highest BCUT2D eigenvalue weighted by Gasteiger charge is 2.36. The van der Waals surface area contributed by atoms with E-state index in [1.54, 1.807) is 49.6 Å². The van der Waals surface area contributed by atoms with Crippen LogP contribution < -0.4 is 15.0 Å². The van der Waals surface area contributed by atoms with Crippen LogP contribution in [0.15, 0.2) is 48.0 Å². The number of nitrogens with one attached hydrogen (secondary N) is 1. The highest BCUT2D eigenvalue weighted by Crippen LogP contribution is 2.24. The number of anilines is 1. The predicted molar refractivity (Wildman–Crippen MR) is 97.9 cm³/mol. The van der Waals surface area contributed by atoms with Gasteiger partial charge in [-0.15, -0.1) is 0 Å². The Morgan fingerprint density at radius 2 is 1.69 bits per heavy atom. The van der Waals surface area contributed by atoms with Crippen LogP contribution in [0.1, 0.15) is 16.7 Å². The lowest BCUT2D eigenvalue weighted by molar-refractivity contribution is -0.122. The highest BCUT2D eigenvalue weighted by atomic mass is 16.5. The van der Waals surface area contributed by atoms with E-state index in [2.05, 4.69) is 5.32 Å². The van der Waals surface area contributed by atoms with Crippen molar-refractivity contribution in [3.8, 4) is 5.75 Å². The van der Waals surface area contributed by atoms with E-state index >= 15 is 0 Å². The minimum Gasteiger partial charge on any atom is -0.497 e. The first-order chi connectivity index (χ1) is 12.4. The number of ether oxygens (including phenoxy) is 1. The van der Waals surface area contributed by atoms with Crippen molar-refractivity contribution < 1.29 is 19.1 Å². The first kappa shape index (κ1) is 17.4. The predicted octanol–water partition coefficient (Wildman–Crippen LogP) is 2.98. The molecule has 0 atom stereocenters. The molecule has 0 bridgehead atoms. The highest BCUT2D eigenvalue weighted by molar-refractivity contribution is 6.39. The zero-order valence-electron chi connectivity index (χ0n) is 14.7. The summed E-state index contributed by atoms with van der Waals surface area (Å²) in [6, 6.07) is 11.5. The van der Waals surface area contributed by atoms with Gasteiger partial charge in [-0.25, -0.2) is 9.69 Å². The quantitative estimate of drug-likeness (QED) is 0.682. The lowest BCUT2D eigenvalue weighted by atomic mass is 10.0. The van der Waals surface area contributed by atoms with E-state index in [0.717, 1.165) is 16.0 Å². The molecule has 0 aliphatic carbocycles. The first-order valence-corrected chi connectivity index (χ1v) is 8.03. The van der Waals surface area contributed by atoms with Gasteiger partial charge in [0.2, 0.25) is 0 Å². The van der Waals surface area contributed by atoms with Crippen molar-refractivity contribution in [3.63, 3.8) is 0 Å². The molecule has 1 aliphatic heterocycles. The van der Waals surface area contributed by atoms with Gasteiger partial charge in [-0.1, -0.05) is 23.8 Å². The third-order valence-corrected chi connectivity index (χ3v) is 4.17. The number of rotatable bonds is 3. The lowest BCUT2D eigenvalue weighted by Gasteiger charge is -2.26. The molecule has 1 heterocycles. The van der Waals surface area contributed by atoms with Gasteiger partial charge in [0, 0.05) is 0 Å². The number of amides is 4. The van der Waals surface area contributed by atoms with Crippen molar-refractivity contribution in [3.05, 3.63) is 64.7 Å². The Balaban J connectivity index is 2.01. The number of benzene rings is 2. The van der Waals surface area contributed by atoms with E-state index in [0.29, 0.717) is 17.0 Å². The second-order valence-electron chi connectivity index (χ2n) is 6.02. The topological polar surface area (TPSA) is 75.7 Å². The number of urea groups is 1. The average molecular weight is 350 g/mol. The number of hydrogen-bond donors (Lipinski definition) is 1. The second kappa shape index (κ2) is 6.84. The summed E-state index contributed by atoms with van der Waals surface area (Å²) in [4.78, 5) is 38.2. The molecule has 6 nitrogen and oxygen atoms in total. The Bertz CT molecular complexity index is 929. The summed E-state index contributed by atoms with van der Waals surface area (Å²) in [6.07, 6.45) is 1.49. The van der Waals surface area contributed by atoms with Gasteiger partial charge in [-0.05, 0) is 55.3 Å². The minimum absolute atomic E-state index is 0.0987. The molecule has 26 heavy (non-hydrogen) atoms. The van der Waals surface area contributed by atoms with Crippen molar-refractivity contribution in [2.45, 2.75) is 13.8 Å². The third-order valence-electron chi connectivity index (χ3n) is 4.17. The van der Waals surface area contributed by atoms with Crippen LogP contribution in [-0.4, -0.2) is 25.0 Å². The van der Waals surface area contributed by atoms with Gasteiger partial charge in [0.05, 0.1) is 12.8 Å². The number of carbonyl (C=O) groups is 3. The molecule has 6 heteroatoms. The molecule has 0 saturated carbocycles. The fraction of sp³-hybridized carbons (Fsp3) is 0.150. The number of hydrogen-bond acceptors (Lipinski definition) is 4. The Hall–Kier alpha value is -3.41. The van der Waals surface area contributed by atoms with Gasteiger partial charge < -0.3 is 4.74 Å². The lowest BCUT2D eigenvalue weighted by Crippen LogP contribution is -2.54. The largest absolute Gasteiger partial charge is 0.497 e. The summed E-state index contributed by atoms with van der Waals surface area (Å²) in [5, 5.41) is 2.22. The molecule has 3 rings (SSSR count). The maximum absolute atomic E-state index is 12.8. The van der Waals surface area contributed by atoms with Gasteiger partial charge in [0.15, 0.2) is 0 Å². The van der Waals surface area contributed by atoms with Gasteiger partial charge in [0.25, 0.3) is 11.8 Å². The molecule has 1 N–H and O–H groups in total. The van der Waals surface area contributed by atoms with Gasteiger partial charge >= 0.3 is 6.03 Å². The maximum atomic E-state index is 12.8. The average Bonchev–Trinajstić information content (AvgIpc) is 2.61. The van der Waals surface area contributed by atoms with Crippen molar-refractivity contribution in [1.29, 1.82) is 0 Å². The van der Waals surface area contributed by atoms with Crippen molar-refractivity contribution in [2.24, 2.45) is 0 Å². The second-order valence-corrected chi connectivity index (χ2v) is 6.02. The van der Waals surface area contributed by atoms with Gasteiger partial charge in [0.1, 0.15) is 11.3 Å². The van der Waals surface area contributed by atoms with Crippen LogP contribution in [0.3, 0.4) is 0 Å². The molecule has 1 saturated heterocycles. The molecule has 132 valence electrons. The molecule has 2 aromatic rings. The normalized spacial score (nSPS) is 16.0. The Morgan fingerprint density at radius 3 is 2.31 bits per heavy atom. The number of methoxy groups -OCH3 is 1. The number of nitrogens with zero attached hydrogens (tertiary/aromatic N) is 1. The molecule has 0 aromatic heterocycles. The summed E-state index contributed by atoms with van der Waals surface area (Å²) in [5.41, 5.74) is 2.85. The van der Waals surface area contributed by atoms with Crippen LogP contribution in [0.5, 0.6) is 5.75 Å². The molecule has 2 aromatic carbocycles. The fourth-order valence-corrected chi connectivity index (χ4v) is 2.68. The number of barbiturate groups is 1. The fourth-order valence-electron chi connectivity index (χ4n) is 2.68. The van der Waals surface area contributed by atoms with E-state index in [9.17, 15) is 14.4 Å². The van der Waals surface area contributed by atoms with Crippen LogP contribution >= 0.6 is 0 Å². The Kier molecular flexibility index (Phi) is 4.58. The molecular formula is C20H18N2O4. The molecule has 1 aliphatic rings. The standard InChI is InChI=1S/C20H18N2O4/c1-12-4-7-15(8-5-12)22-19(24)17(18(23)21-20(22)25)11-14-6-9-16(26-3)10-13(14)2/h4-11H,1-3H3,(H,21,23,25)/b17-11-. The summed E-state index contributed by atoms with van der Waals surface area (Å²) >= 11 is 0. The van der Waals surface area contributed by atoms with Crippen molar-refractivity contribution >= 4 is 29.6 Å². The SMILES string of the molecule is COc1ccc(/C=C2/C(=O)NC(=O)N(c3ccc(C)cc3)C2=O)c(C)c1. The van der Waals surface area contributed by atoms with Crippen LogP contribution in [0.25, 0.3) is 6.08 Å². The molecule has 1 fully saturated rings. The van der Waals surface area contributed by atoms with Crippen molar-refractivity contribution in [1.82, 2.24) is 5.32 Å². The summed E-state index contributed by atoms with van der Waals surface area (Å²) < 4.78 is 5.16. The molecular weight excluding hydrogens is 332 g/mol. The maximum Gasteiger partial charge on any atom is 0.335 e. The first-order valence-electron chi connectivity index (χ1n) is 8.03. The van der Waals surface area contributed by atoms with Crippen LogP contribution in [0.4, 0.5) is 10.5 Å². The van der Waals surface area contributed by atoms with Gasteiger partial charge in [-0.2, -0.15) is 0 Å². The molecule has 0 unspecified atom stereocenters. The smallest absolute Gasteiger partial charge is 0.335 e. The van der Waals surface area contributed by atoms with Crippen LogP contribution in [0.2, 0.25) is 0 Å². The molecule has 0 radical (unpaired) electrons. The zero-order valence-corrected chi connectivity index (χ0v) is 14.7. The molecule has 0 spiro atoms. The zero-order chi connectivity index (χ0) is 18.8. The van der Waals surface area contributed by atoms with Gasteiger partial charge in [-0.3, -0.25) is 14.9 Å². The van der Waals surface area contributed by atoms with E-state index < -0.39 is 17.8 Å². The van der Waals surface area contributed by atoms with E-state index in [1.165, 1.54) is 6.08 Å². The summed E-state index contributed by atoms with van der Waals surface area (Å²) in [5.74, 6) is -0.683. The minimum atomic E-state index is -0.757. The summed E-state index contributed by atoms with van der Waals surface area (Å²) in [7, 11) is 1.57. The Morgan fingerprint density at radius 1 is 1.00 bits per heavy atom. The van der Waals surface area contributed by atoms with E-state index in [-0.39, 0.29) is 5.57 Å². The van der Waals surface area contributed by atoms with E-state index in [4.69, 9.17) is 4.74 Å². The number of aryl methyl sites for hydroxylation is 2. The van der Waals surface area contributed by atoms with Crippen LogP contribution in [0, 0.1) is 13.8 Å². The summed E-state index contributed by atoms with van der Waals surface area (Å²) in [6.45, 7) is 3.76. The Labute approximate surface area is 151 Å². The van der Waals surface area contributed by atoms with Crippen LogP contribution in [-0.2, 0) is 9.59 Å². The van der Waals surface area contributed by atoms with E-state index in [1.807, 2.05) is 13.8 Å². The molecule has 4 amide bonds. The van der Waals surface area contributed by atoms with Crippen molar-refractivity contribution in [2.75, 3.05) is 12.0 Å². The number of carbonyl (C=O) groups excluding carboxylic acids is 3. The number of imide groups is 2. The monoisotopic (exact) mass is 350 g/mol.